The van der Waals surface area contributed by atoms with Crippen LogP contribution in [0.2, 0.25) is 0 Å². The van der Waals surface area contributed by atoms with Crippen LogP contribution in [0.5, 0.6) is 0 Å². The number of hydrogen-bond donors (Lipinski definition) is 0. The zero-order valence-corrected chi connectivity index (χ0v) is 16.5. The molecule has 1 aliphatic carbocycles. The van der Waals surface area contributed by atoms with Gasteiger partial charge in [-0.15, -0.1) is 11.3 Å². The van der Waals surface area contributed by atoms with Crippen LogP contribution in [0.25, 0.3) is 64.3 Å². The van der Waals surface area contributed by atoms with Gasteiger partial charge in [-0.2, -0.15) is 0 Å². The second-order valence-corrected chi connectivity index (χ2v) is 8.81. The molecule has 0 saturated heterocycles. The van der Waals surface area contributed by atoms with Crippen LogP contribution in [0.15, 0.2) is 97.1 Å². The highest BCUT2D eigenvalue weighted by Gasteiger charge is 2.22. The summed E-state index contributed by atoms with van der Waals surface area (Å²) in [5.41, 5.74) is 8.06. The van der Waals surface area contributed by atoms with E-state index in [0.29, 0.717) is 0 Å². The Morgan fingerprint density at radius 2 is 1.17 bits per heavy atom. The van der Waals surface area contributed by atoms with E-state index in [1.165, 1.54) is 64.3 Å². The highest BCUT2D eigenvalue weighted by atomic mass is 32.1. The molecule has 7 rings (SSSR count). The third-order valence-electron chi connectivity index (χ3n) is 6.20. The Kier molecular flexibility index (Phi) is 2.97. The molecule has 29 heavy (non-hydrogen) atoms. The van der Waals surface area contributed by atoms with E-state index in [9.17, 15) is 0 Å². The number of rotatable bonds is 1. The van der Waals surface area contributed by atoms with Crippen molar-refractivity contribution in [1.29, 1.82) is 0 Å². The first-order valence-electron chi connectivity index (χ1n) is 9.96. The lowest BCUT2D eigenvalue weighted by molar-refractivity contribution is 1.69. The van der Waals surface area contributed by atoms with Crippen molar-refractivity contribution in [3.63, 3.8) is 0 Å². The zero-order valence-electron chi connectivity index (χ0n) is 15.6. The van der Waals surface area contributed by atoms with Crippen LogP contribution in [0.4, 0.5) is 0 Å². The summed E-state index contributed by atoms with van der Waals surface area (Å²) >= 11 is 1.90. The largest absolute Gasteiger partial charge is 0.135 e. The molecule has 1 heteroatoms. The van der Waals surface area contributed by atoms with Crippen molar-refractivity contribution in [2.45, 2.75) is 0 Å². The van der Waals surface area contributed by atoms with E-state index in [2.05, 4.69) is 97.1 Å². The van der Waals surface area contributed by atoms with Crippen molar-refractivity contribution in [3.8, 4) is 33.4 Å². The molecular weight excluding hydrogens is 368 g/mol. The molecule has 5 aromatic carbocycles. The number of hydrogen-bond acceptors (Lipinski definition) is 1. The minimum absolute atomic E-state index is 1.30. The Labute approximate surface area is 172 Å². The summed E-state index contributed by atoms with van der Waals surface area (Å²) in [6.45, 7) is 0. The first kappa shape index (κ1) is 15.5. The number of benzene rings is 5. The van der Waals surface area contributed by atoms with E-state index in [1.54, 1.807) is 0 Å². The van der Waals surface area contributed by atoms with E-state index in [1.807, 2.05) is 11.3 Å². The van der Waals surface area contributed by atoms with Gasteiger partial charge >= 0.3 is 0 Å². The summed E-state index contributed by atoms with van der Waals surface area (Å²) in [7, 11) is 0. The molecule has 0 unspecified atom stereocenters. The maximum absolute atomic E-state index is 2.40. The average molecular weight is 385 g/mol. The van der Waals surface area contributed by atoms with Gasteiger partial charge in [0.1, 0.15) is 0 Å². The van der Waals surface area contributed by atoms with Gasteiger partial charge in [0.25, 0.3) is 0 Å². The topological polar surface area (TPSA) is 0 Å². The molecular formula is C28H16S. The minimum atomic E-state index is 1.30. The third kappa shape index (κ3) is 2.03. The second-order valence-electron chi connectivity index (χ2n) is 7.75. The summed E-state index contributed by atoms with van der Waals surface area (Å²) in [5.74, 6) is 0. The summed E-state index contributed by atoms with van der Waals surface area (Å²) in [6.07, 6.45) is 0. The fraction of sp³-hybridized carbons (Fsp3) is 0. The first-order valence-corrected chi connectivity index (χ1v) is 10.8. The highest BCUT2D eigenvalue weighted by molar-refractivity contribution is 7.26. The van der Waals surface area contributed by atoms with Gasteiger partial charge in [-0.25, -0.2) is 0 Å². The van der Waals surface area contributed by atoms with Crippen LogP contribution in [0, 0.1) is 0 Å². The van der Waals surface area contributed by atoms with Gasteiger partial charge in [0.15, 0.2) is 0 Å². The average Bonchev–Trinajstić information content (AvgIpc) is 3.31. The summed E-state index contributed by atoms with van der Waals surface area (Å²) in [5, 5.41) is 5.42. The van der Waals surface area contributed by atoms with Gasteiger partial charge in [-0.05, 0) is 62.4 Å². The third-order valence-corrected chi connectivity index (χ3v) is 7.42. The van der Waals surface area contributed by atoms with Crippen LogP contribution in [-0.2, 0) is 0 Å². The van der Waals surface area contributed by atoms with Crippen molar-refractivity contribution in [1.82, 2.24) is 0 Å². The van der Waals surface area contributed by atoms with Crippen molar-refractivity contribution in [2.75, 3.05) is 0 Å². The Hall–Kier alpha value is -3.42. The first-order chi connectivity index (χ1) is 14.4. The molecule has 0 aliphatic heterocycles. The Bertz CT molecular complexity index is 1600. The zero-order chi connectivity index (χ0) is 18.9. The predicted octanol–water partition coefficient (Wildman–Crippen LogP) is 8.52. The second kappa shape index (κ2) is 5.56. The molecule has 0 fully saturated rings. The van der Waals surface area contributed by atoms with Gasteiger partial charge < -0.3 is 0 Å². The van der Waals surface area contributed by atoms with Crippen LogP contribution in [0.1, 0.15) is 0 Å². The normalized spacial score (nSPS) is 12.1. The highest BCUT2D eigenvalue weighted by Crippen LogP contribution is 2.49. The quantitative estimate of drug-likeness (QED) is 0.266. The van der Waals surface area contributed by atoms with E-state index in [0.717, 1.165) is 0 Å². The van der Waals surface area contributed by atoms with Crippen molar-refractivity contribution in [2.24, 2.45) is 0 Å². The SMILES string of the molecule is c1ccc2c(c1)-c1cccc3cc(-c4cccc5c4sc4ccccc45)cc-2c13. The van der Waals surface area contributed by atoms with Crippen LogP contribution >= 0.6 is 11.3 Å². The standard InChI is InChI=1S/C28H16S/c1-2-9-21-20(8-1)23-12-5-7-17-15-18(16-25(21)27(17)23)19-11-6-13-24-22-10-3-4-14-26(22)29-28(19)24/h1-16H. The molecule has 0 bridgehead atoms. The van der Waals surface area contributed by atoms with Crippen molar-refractivity contribution >= 4 is 42.3 Å². The maximum atomic E-state index is 2.40. The van der Waals surface area contributed by atoms with Gasteiger partial charge in [-0.1, -0.05) is 78.9 Å². The maximum Gasteiger partial charge on any atom is 0.0433 e. The smallest absolute Gasteiger partial charge is 0.0433 e. The van der Waals surface area contributed by atoms with E-state index < -0.39 is 0 Å². The lowest BCUT2D eigenvalue weighted by atomic mass is 9.95. The van der Waals surface area contributed by atoms with Gasteiger partial charge in [-0.3, -0.25) is 0 Å². The molecule has 0 atom stereocenters. The number of thiophene rings is 1. The van der Waals surface area contributed by atoms with E-state index in [4.69, 9.17) is 0 Å². The molecule has 1 heterocycles. The molecule has 0 N–H and O–H groups in total. The summed E-state index contributed by atoms with van der Waals surface area (Å²) < 4.78 is 2.73. The van der Waals surface area contributed by atoms with Crippen molar-refractivity contribution < 1.29 is 0 Å². The van der Waals surface area contributed by atoms with E-state index in [-0.39, 0.29) is 0 Å². The number of fused-ring (bicyclic) bond motifs is 6. The Morgan fingerprint density at radius 3 is 2.10 bits per heavy atom. The predicted molar refractivity (Wildman–Crippen MR) is 127 cm³/mol. The molecule has 134 valence electrons. The van der Waals surface area contributed by atoms with Crippen LogP contribution in [0.3, 0.4) is 0 Å². The molecule has 1 aromatic heterocycles. The Morgan fingerprint density at radius 1 is 0.483 bits per heavy atom. The van der Waals surface area contributed by atoms with Crippen LogP contribution in [-0.4, -0.2) is 0 Å². The molecule has 0 saturated carbocycles. The molecule has 0 spiro atoms. The lowest BCUT2D eigenvalue weighted by Crippen LogP contribution is -1.82. The van der Waals surface area contributed by atoms with E-state index >= 15 is 0 Å². The van der Waals surface area contributed by atoms with Gasteiger partial charge in [0, 0.05) is 20.2 Å². The molecule has 0 nitrogen and oxygen atoms in total. The van der Waals surface area contributed by atoms with Gasteiger partial charge in [0.2, 0.25) is 0 Å². The van der Waals surface area contributed by atoms with Gasteiger partial charge in [0.05, 0.1) is 0 Å². The molecule has 0 radical (unpaired) electrons. The summed E-state index contributed by atoms with van der Waals surface area (Å²) in [4.78, 5) is 0. The summed E-state index contributed by atoms with van der Waals surface area (Å²) in [6, 6.07) is 35.7. The fourth-order valence-corrected chi connectivity index (χ4v) is 6.19. The van der Waals surface area contributed by atoms with Crippen molar-refractivity contribution in [3.05, 3.63) is 97.1 Å². The molecule has 1 aliphatic rings. The monoisotopic (exact) mass is 384 g/mol. The fourth-order valence-electron chi connectivity index (χ4n) is 4.95. The van der Waals surface area contributed by atoms with Crippen LogP contribution < -0.4 is 0 Å². The lowest BCUT2D eigenvalue weighted by Gasteiger charge is -2.09. The molecule has 0 amide bonds. The Balaban J connectivity index is 1.59. The molecule has 6 aromatic rings. The minimum Gasteiger partial charge on any atom is -0.135 e.